The molecule has 0 aliphatic rings. The van der Waals surface area contributed by atoms with E-state index in [9.17, 15) is 13.6 Å². The molecule has 20 heavy (non-hydrogen) atoms. The van der Waals surface area contributed by atoms with Crippen LogP contribution in [0.5, 0.6) is 0 Å². The Morgan fingerprint density at radius 1 is 1.05 bits per heavy atom. The number of amides is 1. The highest BCUT2D eigenvalue weighted by Crippen LogP contribution is 2.09. The number of carbonyl (C=O) groups is 1. The van der Waals surface area contributed by atoms with Crippen molar-refractivity contribution in [3.8, 4) is 0 Å². The molecular formula is C15H13F2NO2. The van der Waals surface area contributed by atoms with Crippen molar-refractivity contribution in [1.29, 1.82) is 0 Å². The molecule has 0 radical (unpaired) electrons. The molecular weight excluding hydrogens is 264 g/mol. The highest BCUT2D eigenvalue weighted by atomic mass is 19.2. The van der Waals surface area contributed by atoms with Gasteiger partial charge in [0.05, 0.1) is 6.61 Å². The molecule has 5 heteroatoms. The predicted octanol–water partition coefficient (Wildman–Crippen LogP) is 2.39. The van der Waals surface area contributed by atoms with Crippen LogP contribution in [0, 0.1) is 11.6 Å². The van der Waals surface area contributed by atoms with E-state index in [1.165, 1.54) is 6.07 Å². The predicted molar refractivity (Wildman–Crippen MR) is 69.9 cm³/mol. The number of carbonyl (C=O) groups excluding carboxylic acids is 1. The van der Waals surface area contributed by atoms with Gasteiger partial charge in [-0.1, -0.05) is 24.3 Å². The van der Waals surface area contributed by atoms with Crippen molar-refractivity contribution < 1.29 is 18.7 Å². The average Bonchev–Trinajstić information content (AvgIpc) is 2.47. The van der Waals surface area contributed by atoms with Gasteiger partial charge in [0.15, 0.2) is 11.6 Å². The van der Waals surface area contributed by atoms with Gasteiger partial charge in [0.25, 0.3) is 5.91 Å². The number of nitrogens with one attached hydrogen (secondary N) is 1. The zero-order valence-electron chi connectivity index (χ0n) is 10.6. The summed E-state index contributed by atoms with van der Waals surface area (Å²) in [5, 5.41) is 11.6. The fourth-order valence-electron chi connectivity index (χ4n) is 1.76. The van der Waals surface area contributed by atoms with Crippen LogP contribution in [0.2, 0.25) is 0 Å². The molecule has 3 nitrogen and oxygen atoms in total. The molecule has 0 aliphatic carbocycles. The first-order chi connectivity index (χ1) is 9.60. The van der Waals surface area contributed by atoms with E-state index in [2.05, 4.69) is 5.32 Å². The Labute approximate surface area is 114 Å². The molecule has 0 aromatic heterocycles. The van der Waals surface area contributed by atoms with Gasteiger partial charge in [-0.15, -0.1) is 0 Å². The minimum atomic E-state index is -1.06. The quantitative estimate of drug-likeness (QED) is 0.901. The number of benzene rings is 2. The number of aliphatic hydroxyl groups excluding tert-OH is 1. The molecule has 0 fully saturated rings. The van der Waals surface area contributed by atoms with E-state index in [4.69, 9.17) is 5.11 Å². The normalized spacial score (nSPS) is 10.3. The molecule has 0 bridgehead atoms. The smallest absolute Gasteiger partial charge is 0.251 e. The van der Waals surface area contributed by atoms with E-state index in [0.29, 0.717) is 0 Å². The summed E-state index contributed by atoms with van der Waals surface area (Å²) in [6, 6.07) is 10.1. The molecule has 0 saturated carbocycles. The van der Waals surface area contributed by atoms with Crippen LogP contribution in [0.25, 0.3) is 0 Å². The van der Waals surface area contributed by atoms with Crippen molar-refractivity contribution in [1.82, 2.24) is 5.32 Å². The molecule has 1 amide bonds. The Hall–Kier alpha value is -2.27. The average molecular weight is 277 g/mol. The van der Waals surface area contributed by atoms with Crippen LogP contribution in [0.3, 0.4) is 0 Å². The number of aliphatic hydroxyl groups is 1. The first-order valence-electron chi connectivity index (χ1n) is 6.02. The SMILES string of the molecule is O=C(NCc1cccc(CO)c1)c1ccc(F)c(F)c1. The topological polar surface area (TPSA) is 49.3 Å². The summed E-state index contributed by atoms with van der Waals surface area (Å²) in [5.41, 5.74) is 1.61. The monoisotopic (exact) mass is 277 g/mol. The zero-order valence-corrected chi connectivity index (χ0v) is 10.6. The fraction of sp³-hybridized carbons (Fsp3) is 0.133. The van der Waals surface area contributed by atoms with E-state index in [0.717, 1.165) is 23.3 Å². The van der Waals surface area contributed by atoms with E-state index in [1.54, 1.807) is 24.3 Å². The molecule has 2 aromatic rings. The van der Waals surface area contributed by atoms with Crippen molar-refractivity contribution in [3.05, 3.63) is 70.8 Å². The van der Waals surface area contributed by atoms with E-state index in [1.807, 2.05) is 0 Å². The van der Waals surface area contributed by atoms with Gasteiger partial charge in [0.1, 0.15) is 0 Å². The molecule has 0 spiro atoms. The van der Waals surface area contributed by atoms with Crippen molar-refractivity contribution in [3.63, 3.8) is 0 Å². The zero-order chi connectivity index (χ0) is 14.5. The van der Waals surface area contributed by atoms with Crippen LogP contribution in [-0.2, 0) is 13.2 Å². The molecule has 0 atom stereocenters. The third-order valence-corrected chi connectivity index (χ3v) is 2.81. The minimum Gasteiger partial charge on any atom is -0.392 e. The van der Waals surface area contributed by atoms with Crippen LogP contribution in [-0.4, -0.2) is 11.0 Å². The van der Waals surface area contributed by atoms with Crippen LogP contribution in [0.4, 0.5) is 8.78 Å². The number of halogens is 2. The molecule has 0 saturated heterocycles. The number of rotatable bonds is 4. The molecule has 0 aliphatic heterocycles. The maximum Gasteiger partial charge on any atom is 0.251 e. The van der Waals surface area contributed by atoms with Crippen LogP contribution >= 0.6 is 0 Å². The first-order valence-corrected chi connectivity index (χ1v) is 6.02. The van der Waals surface area contributed by atoms with Gasteiger partial charge >= 0.3 is 0 Å². The van der Waals surface area contributed by atoms with Gasteiger partial charge in [0, 0.05) is 12.1 Å². The van der Waals surface area contributed by atoms with Crippen molar-refractivity contribution in [2.75, 3.05) is 0 Å². The lowest BCUT2D eigenvalue weighted by molar-refractivity contribution is 0.0950. The maximum atomic E-state index is 13.0. The number of hydrogen-bond donors (Lipinski definition) is 2. The van der Waals surface area contributed by atoms with Crippen molar-refractivity contribution in [2.24, 2.45) is 0 Å². The van der Waals surface area contributed by atoms with E-state index in [-0.39, 0.29) is 18.7 Å². The third-order valence-electron chi connectivity index (χ3n) is 2.81. The Kier molecular flexibility index (Phi) is 4.42. The molecule has 2 rings (SSSR count). The molecule has 0 heterocycles. The Balaban J connectivity index is 2.02. The van der Waals surface area contributed by atoms with Gasteiger partial charge in [0.2, 0.25) is 0 Å². The second kappa shape index (κ2) is 6.25. The largest absolute Gasteiger partial charge is 0.392 e. The molecule has 2 aromatic carbocycles. The highest BCUT2D eigenvalue weighted by Gasteiger charge is 2.09. The first kappa shape index (κ1) is 14.1. The molecule has 2 N–H and O–H groups in total. The fourth-order valence-corrected chi connectivity index (χ4v) is 1.76. The summed E-state index contributed by atoms with van der Waals surface area (Å²) in [5.74, 6) is -2.53. The molecule has 0 unspecified atom stereocenters. The summed E-state index contributed by atoms with van der Waals surface area (Å²) in [7, 11) is 0. The Morgan fingerprint density at radius 3 is 2.50 bits per heavy atom. The lowest BCUT2D eigenvalue weighted by Crippen LogP contribution is -2.23. The lowest BCUT2D eigenvalue weighted by Gasteiger charge is -2.07. The molecule has 104 valence electrons. The van der Waals surface area contributed by atoms with E-state index >= 15 is 0 Å². The summed E-state index contributed by atoms with van der Waals surface area (Å²) in [6.07, 6.45) is 0. The Morgan fingerprint density at radius 2 is 1.80 bits per heavy atom. The lowest BCUT2D eigenvalue weighted by atomic mass is 10.1. The van der Waals surface area contributed by atoms with E-state index < -0.39 is 17.5 Å². The van der Waals surface area contributed by atoms with Crippen LogP contribution in [0.1, 0.15) is 21.5 Å². The van der Waals surface area contributed by atoms with Gasteiger partial charge in [-0.25, -0.2) is 8.78 Å². The summed E-state index contributed by atoms with van der Waals surface area (Å²) in [4.78, 5) is 11.8. The highest BCUT2D eigenvalue weighted by molar-refractivity contribution is 5.94. The Bertz CT molecular complexity index is 629. The summed E-state index contributed by atoms with van der Waals surface area (Å²) < 4.78 is 25.8. The second-order valence-electron chi connectivity index (χ2n) is 4.29. The third kappa shape index (κ3) is 3.39. The maximum absolute atomic E-state index is 13.0. The van der Waals surface area contributed by atoms with Crippen molar-refractivity contribution in [2.45, 2.75) is 13.2 Å². The van der Waals surface area contributed by atoms with Gasteiger partial charge in [-0.3, -0.25) is 4.79 Å². The second-order valence-corrected chi connectivity index (χ2v) is 4.29. The number of hydrogen-bond acceptors (Lipinski definition) is 2. The summed E-state index contributed by atoms with van der Waals surface area (Å²) >= 11 is 0. The van der Waals surface area contributed by atoms with Gasteiger partial charge in [-0.05, 0) is 29.3 Å². The van der Waals surface area contributed by atoms with Gasteiger partial charge in [-0.2, -0.15) is 0 Å². The van der Waals surface area contributed by atoms with Crippen LogP contribution in [0.15, 0.2) is 42.5 Å². The van der Waals surface area contributed by atoms with Crippen molar-refractivity contribution >= 4 is 5.91 Å². The minimum absolute atomic E-state index is 0.0576. The van der Waals surface area contributed by atoms with Gasteiger partial charge < -0.3 is 10.4 Å². The summed E-state index contributed by atoms with van der Waals surface area (Å²) in [6.45, 7) is 0.163. The standard InChI is InChI=1S/C15H13F2NO2/c16-13-5-4-12(7-14(13)17)15(20)18-8-10-2-1-3-11(6-10)9-19/h1-7,19H,8-9H2,(H,18,20). The van der Waals surface area contributed by atoms with Crippen LogP contribution < -0.4 is 5.32 Å².